The third kappa shape index (κ3) is 1.89. The second-order valence-corrected chi connectivity index (χ2v) is 2.84. The number of nitrogens with zero attached hydrogens (tertiary/aromatic N) is 2. The molecular formula is C9H13ClN2. The van der Waals surface area contributed by atoms with Gasteiger partial charge in [-0.3, -0.25) is 0 Å². The average molecular weight is 185 g/mol. The Bertz CT molecular complexity index is 246. The number of halogens is 1. The van der Waals surface area contributed by atoms with E-state index in [1.807, 2.05) is 12.1 Å². The molecule has 0 atom stereocenters. The highest BCUT2D eigenvalue weighted by Gasteiger charge is 2.05. The van der Waals surface area contributed by atoms with Crippen LogP contribution >= 0.6 is 11.6 Å². The van der Waals surface area contributed by atoms with Crippen LogP contribution in [0.5, 0.6) is 0 Å². The molecule has 0 N–H and O–H groups in total. The van der Waals surface area contributed by atoms with Crippen molar-refractivity contribution in [2.24, 2.45) is 0 Å². The van der Waals surface area contributed by atoms with E-state index in [0.29, 0.717) is 5.15 Å². The maximum atomic E-state index is 5.92. The Labute approximate surface area is 78.2 Å². The lowest BCUT2D eigenvalue weighted by Crippen LogP contribution is -2.22. The van der Waals surface area contributed by atoms with Gasteiger partial charge >= 0.3 is 0 Å². The largest absolute Gasteiger partial charge is 0.370 e. The Morgan fingerprint density at radius 3 is 2.58 bits per heavy atom. The summed E-state index contributed by atoms with van der Waals surface area (Å²) in [7, 11) is 0. The number of pyridine rings is 1. The number of hydrogen-bond donors (Lipinski definition) is 0. The highest BCUT2D eigenvalue weighted by Crippen LogP contribution is 2.21. The van der Waals surface area contributed by atoms with Crippen LogP contribution < -0.4 is 4.90 Å². The molecule has 0 spiro atoms. The van der Waals surface area contributed by atoms with Gasteiger partial charge in [-0.1, -0.05) is 11.6 Å². The molecule has 0 saturated heterocycles. The van der Waals surface area contributed by atoms with Crippen molar-refractivity contribution in [2.45, 2.75) is 13.8 Å². The van der Waals surface area contributed by atoms with Crippen LogP contribution in [-0.4, -0.2) is 18.1 Å². The van der Waals surface area contributed by atoms with Crippen LogP contribution in [0.4, 0.5) is 5.69 Å². The van der Waals surface area contributed by atoms with Crippen molar-refractivity contribution in [1.82, 2.24) is 4.98 Å². The van der Waals surface area contributed by atoms with Gasteiger partial charge in [0, 0.05) is 19.3 Å². The van der Waals surface area contributed by atoms with E-state index in [9.17, 15) is 0 Å². The summed E-state index contributed by atoms with van der Waals surface area (Å²) >= 11 is 5.92. The van der Waals surface area contributed by atoms with Crippen molar-refractivity contribution in [3.8, 4) is 0 Å². The Morgan fingerprint density at radius 2 is 2.08 bits per heavy atom. The highest BCUT2D eigenvalue weighted by atomic mass is 35.5. The second kappa shape index (κ2) is 4.31. The number of aromatic nitrogens is 1. The monoisotopic (exact) mass is 184 g/mol. The summed E-state index contributed by atoms with van der Waals surface area (Å²) in [6.07, 6.45) is 1.70. The molecule has 1 rings (SSSR count). The first kappa shape index (κ1) is 9.33. The van der Waals surface area contributed by atoms with E-state index in [2.05, 4.69) is 23.7 Å². The highest BCUT2D eigenvalue weighted by molar-refractivity contribution is 6.32. The number of anilines is 1. The molecule has 1 aromatic rings. The summed E-state index contributed by atoms with van der Waals surface area (Å²) in [4.78, 5) is 6.20. The fourth-order valence-corrected chi connectivity index (χ4v) is 1.42. The molecule has 0 radical (unpaired) electrons. The minimum Gasteiger partial charge on any atom is -0.370 e. The van der Waals surface area contributed by atoms with E-state index in [-0.39, 0.29) is 0 Å². The third-order valence-corrected chi connectivity index (χ3v) is 2.13. The smallest absolute Gasteiger partial charge is 0.152 e. The van der Waals surface area contributed by atoms with Crippen molar-refractivity contribution in [2.75, 3.05) is 18.0 Å². The van der Waals surface area contributed by atoms with E-state index in [1.54, 1.807) is 6.20 Å². The fourth-order valence-electron chi connectivity index (χ4n) is 1.18. The first-order valence-corrected chi connectivity index (χ1v) is 4.52. The molecule has 12 heavy (non-hydrogen) atoms. The van der Waals surface area contributed by atoms with Gasteiger partial charge in [0.15, 0.2) is 5.15 Å². The second-order valence-electron chi connectivity index (χ2n) is 2.49. The van der Waals surface area contributed by atoms with Gasteiger partial charge in [0.05, 0.1) is 5.69 Å². The van der Waals surface area contributed by atoms with Crippen LogP contribution in [0.1, 0.15) is 13.8 Å². The average Bonchev–Trinajstić information content (AvgIpc) is 2.10. The molecule has 0 aliphatic carbocycles. The lowest BCUT2D eigenvalue weighted by atomic mass is 10.3. The Kier molecular flexibility index (Phi) is 3.35. The molecule has 0 fully saturated rings. The zero-order chi connectivity index (χ0) is 8.97. The van der Waals surface area contributed by atoms with Gasteiger partial charge in [-0.05, 0) is 26.0 Å². The van der Waals surface area contributed by atoms with Crippen LogP contribution in [-0.2, 0) is 0 Å². The molecule has 0 aromatic carbocycles. The van der Waals surface area contributed by atoms with Gasteiger partial charge < -0.3 is 4.90 Å². The molecule has 0 unspecified atom stereocenters. The zero-order valence-corrected chi connectivity index (χ0v) is 8.17. The van der Waals surface area contributed by atoms with E-state index in [4.69, 9.17) is 11.6 Å². The van der Waals surface area contributed by atoms with Gasteiger partial charge in [0.25, 0.3) is 0 Å². The van der Waals surface area contributed by atoms with Crippen molar-refractivity contribution in [3.05, 3.63) is 23.5 Å². The van der Waals surface area contributed by atoms with Crippen LogP contribution in [0.25, 0.3) is 0 Å². The maximum absolute atomic E-state index is 5.92. The fraction of sp³-hybridized carbons (Fsp3) is 0.444. The van der Waals surface area contributed by atoms with Gasteiger partial charge in [-0.15, -0.1) is 0 Å². The van der Waals surface area contributed by atoms with Crippen molar-refractivity contribution < 1.29 is 0 Å². The molecular weight excluding hydrogens is 172 g/mol. The van der Waals surface area contributed by atoms with Crippen LogP contribution in [0.3, 0.4) is 0 Å². The Morgan fingerprint density at radius 1 is 1.42 bits per heavy atom. The molecule has 66 valence electrons. The van der Waals surface area contributed by atoms with Crippen molar-refractivity contribution in [3.63, 3.8) is 0 Å². The summed E-state index contributed by atoms with van der Waals surface area (Å²) in [5, 5.41) is 0.584. The minimum absolute atomic E-state index is 0.584. The van der Waals surface area contributed by atoms with Gasteiger partial charge in [-0.2, -0.15) is 0 Å². The predicted octanol–water partition coefficient (Wildman–Crippen LogP) is 2.58. The van der Waals surface area contributed by atoms with E-state index in [1.165, 1.54) is 0 Å². The van der Waals surface area contributed by atoms with E-state index >= 15 is 0 Å². The molecule has 0 aliphatic rings. The molecule has 1 heterocycles. The number of hydrogen-bond acceptors (Lipinski definition) is 2. The molecule has 0 bridgehead atoms. The Balaban J connectivity index is 2.92. The normalized spacial score (nSPS) is 9.92. The van der Waals surface area contributed by atoms with Crippen molar-refractivity contribution >= 4 is 17.3 Å². The number of rotatable bonds is 3. The summed E-state index contributed by atoms with van der Waals surface area (Å²) in [5.41, 5.74) is 1.02. The first-order chi connectivity index (χ1) is 5.79. The lowest BCUT2D eigenvalue weighted by molar-refractivity contribution is 0.863. The molecule has 0 saturated carbocycles. The van der Waals surface area contributed by atoms with Crippen LogP contribution in [0, 0.1) is 0 Å². The zero-order valence-electron chi connectivity index (χ0n) is 7.42. The van der Waals surface area contributed by atoms with Gasteiger partial charge in [0.2, 0.25) is 0 Å². The summed E-state index contributed by atoms with van der Waals surface area (Å²) in [5.74, 6) is 0. The van der Waals surface area contributed by atoms with Crippen LogP contribution in [0.2, 0.25) is 5.15 Å². The molecule has 1 aromatic heterocycles. The minimum atomic E-state index is 0.584. The molecule has 2 nitrogen and oxygen atoms in total. The Hall–Kier alpha value is -0.760. The maximum Gasteiger partial charge on any atom is 0.152 e. The van der Waals surface area contributed by atoms with E-state index in [0.717, 1.165) is 18.8 Å². The molecule has 0 aliphatic heterocycles. The summed E-state index contributed by atoms with van der Waals surface area (Å²) in [6, 6.07) is 3.89. The van der Waals surface area contributed by atoms with E-state index < -0.39 is 0 Å². The summed E-state index contributed by atoms with van der Waals surface area (Å²) in [6.45, 7) is 6.13. The third-order valence-electron chi connectivity index (χ3n) is 1.84. The standard InChI is InChI=1S/C9H13ClN2/c1-3-12(4-2)8-6-5-7-11-9(8)10/h5-7H,3-4H2,1-2H3. The van der Waals surface area contributed by atoms with Crippen molar-refractivity contribution in [1.29, 1.82) is 0 Å². The van der Waals surface area contributed by atoms with Gasteiger partial charge in [-0.25, -0.2) is 4.98 Å². The lowest BCUT2D eigenvalue weighted by Gasteiger charge is -2.21. The predicted molar refractivity (Wildman–Crippen MR) is 52.8 cm³/mol. The quantitative estimate of drug-likeness (QED) is 0.672. The molecule has 0 amide bonds. The molecule has 3 heteroatoms. The SMILES string of the molecule is CCN(CC)c1cccnc1Cl. The summed E-state index contributed by atoms with van der Waals surface area (Å²) < 4.78 is 0. The topological polar surface area (TPSA) is 16.1 Å². The first-order valence-electron chi connectivity index (χ1n) is 4.15. The van der Waals surface area contributed by atoms with Gasteiger partial charge in [0.1, 0.15) is 0 Å². The van der Waals surface area contributed by atoms with Crippen LogP contribution in [0.15, 0.2) is 18.3 Å².